The fourth-order valence-electron chi connectivity index (χ4n) is 2.57. The summed E-state index contributed by atoms with van der Waals surface area (Å²) in [5, 5.41) is 10.2. The first-order valence-corrected chi connectivity index (χ1v) is 8.96. The molecule has 2 rings (SSSR count). The molecule has 10 heteroatoms. The van der Waals surface area contributed by atoms with E-state index in [-0.39, 0.29) is 13.2 Å². The summed E-state index contributed by atoms with van der Waals surface area (Å²) in [6.07, 6.45) is -1.77. The summed E-state index contributed by atoms with van der Waals surface area (Å²) < 4.78 is 49.3. The van der Waals surface area contributed by atoms with E-state index in [0.717, 1.165) is 35.9 Å². The number of pyridine rings is 1. The Bertz CT molecular complexity index is 768. The molecule has 2 aromatic rings. The van der Waals surface area contributed by atoms with Crippen LogP contribution >= 0.6 is 0 Å². The van der Waals surface area contributed by atoms with Gasteiger partial charge in [0.15, 0.2) is 5.96 Å². The normalized spacial score (nSPS) is 12.1. The summed E-state index contributed by atoms with van der Waals surface area (Å²) >= 11 is 0. The van der Waals surface area contributed by atoms with Gasteiger partial charge in [0.25, 0.3) is 0 Å². The topological polar surface area (TPSA) is 84.6 Å². The van der Waals surface area contributed by atoms with Crippen LogP contribution in [0.15, 0.2) is 27.8 Å². The van der Waals surface area contributed by atoms with Gasteiger partial charge in [-0.25, -0.2) is 4.98 Å². The fourth-order valence-corrected chi connectivity index (χ4v) is 2.57. The van der Waals surface area contributed by atoms with Crippen molar-refractivity contribution in [3.8, 4) is 5.88 Å². The molecule has 0 aliphatic heterocycles. The van der Waals surface area contributed by atoms with Crippen LogP contribution in [0, 0.1) is 0 Å². The minimum Gasteiger partial charge on any atom is -0.475 e. The first-order valence-electron chi connectivity index (χ1n) is 8.96. The first kappa shape index (κ1) is 21.5. The van der Waals surface area contributed by atoms with Gasteiger partial charge in [0.05, 0.1) is 12.2 Å². The molecule has 2 heterocycles. The number of ether oxygens (including phenoxy) is 1. The number of nitrogens with zero attached hydrogens (tertiary/aromatic N) is 3. The third kappa shape index (κ3) is 5.61. The molecule has 0 atom stereocenters. The van der Waals surface area contributed by atoms with Gasteiger partial charge < -0.3 is 19.9 Å². The van der Waals surface area contributed by atoms with Crippen LogP contribution in [0.2, 0.25) is 0 Å². The number of aliphatic imine (C=N–C) groups is 1. The van der Waals surface area contributed by atoms with Crippen molar-refractivity contribution in [1.82, 2.24) is 20.8 Å². The Morgan fingerprint density at radius 1 is 1.25 bits per heavy atom. The summed E-state index contributed by atoms with van der Waals surface area (Å²) in [4.78, 5) is 7.75. The second-order valence-electron chi connectivity index (χ2n) is 5.79. The average Bonchev–Trinajstić information content (AvgIpc) is 3.09. The highest BCUT2D eigenvalue weighted by molar-refractivity contribution is 5.79. The molecule has 0 aromatic carbocycles. The van der Waals surface area contributed by atoms with E-state index in [0.29, 0.717) is 12.5 Å². The van der Waals surface area contributed by atoms with Gasteiger partial charge in [-0.1, -0.05) is 19.0 Å². The van der Waals surface area contributed by atoms with Crippen LogP contribution in [0.3, 0.4) is 0 Å². The third-order valence-electron chi connectivity index (χ3n) is 3.97. The number of aromatic nitrogens is 2. The van der Waals surface area contributed by atoms with Crippen LogP contribution in [0.5, 0.6) is 5.88 Å². The van der Waals surface area contributed by atoms with Crippen molar-refractivity contribution < 1.29 is 22.4 Å². The lowest BCUT2D eigenvalue weighted by atomic mass is 10.1. The highest BCUT2D eigenvalue weighted by atomic mass is 19.4. The second-order valence-corrected chi connectivity index (χ2v) is 5.79. The zero-order chi connectivity index (χ0) is 20.6. The molecule has 0 fully saturated rings. The maximum Gasteiger partial charge on any atom is 0.421 e. The lowest BCUT2D eigenvalue weighted by Gasteiger charge is -2.14. The first-order chi connectivity index (χ1) is 13.4. The van der Waals surface area contributed by atoms with Gasteiger partial charge >= 0.3 is 6.18 Å². The number of hydrogen-bond acceptors (Lipinski definition) is 5. The molecule has 154 valence electrons. The summed E-state index contributed by atoms with van der Waals surface area (Å²) in [5.41, 5.74) is 0.981. The monoisotopic (exact) mass is 399 g/mol. The van der Waals surface area contributed by atoms with Crippen LogP contribution in [0.1, 0.15) is 36.4 Å². The molecular formula is C18H24F3N5O2. The Labute approximate surface area is 161 Å². The third-order valence-corrected chi connectivity index (χ3v) is 3.97. The minimum absolute atomic E-state index is 0.00548. The summed E-state index contributed by atoms with van der Waals surface area (Å²) in [6.45, 7) is 4.71. The number of nitrogens with one attached hydrogen (secondary N) is 2. The molecule has 2 N–H and O–H groups in total. The Balaban J connectivity index is 1.85. The van der Waals surface area contributed by atoms with Crippen molar-refractivity contribution >= 4 is 5.96 Å². The maximum absolute atomic E-state index is 12.9. The number of rotatable bonds is 8. The van der Waals surface area contributed by atoms with E-state index in [4.69, 9.17) is 9.26 Å². The van der Waals surface area contributed by atoms with Crippen molar-refractivity contribution in [3.05, 3.63) is 40.9 Å². The lowest BCUT2D eigenvalue weighted by molar-refractivity contribution is -0.139. The molecule has 0 amide bonds. The molecule has 0 aliphatic carbocycles. The molecule has 0 spiro atoms. The predicted molar refractivity (Wildman–Crippen MR) is 98.2 cm³/mol. The largest absolute Gasteiger partial charge is 0.475 e. The Morgan fingerprint density at radius 2 is 2.04 bits per heavy atom. The van der Waals surface area contributed by atoms with Gasteiger partial charge in [-0.3, -0.25) is 4.99 Å². The molecular weight excluding hydrogens is 375 g/mol. The average molecular weight is 399 g/mol. The molecule has 0 aliphatic rings. The molecule has 0 radical (unpaired) electrons. The van der Waals surface area contributed by atoms with Crippen molar-refractivity contribution in [2.45, 2.75) is 39.4 Å². The second kappa shape index (κ2) is 9.95. The molecule has 28 heavy (non-hydrogen) atoms. The SMILES string of the molecule is CCc1noc(CC)c1CNC(=NC)NCCOc1ncccc1C(F)(F)F. The number of hydrogen-bond donors (Lipinski definition) is 2. The molecule has 0 saturated heterocycles. The zero-order valence-electron chi connectivity index (χ0n) is 16.1. The van der Waals surface area contributed by atoms with Gasteiger partial charge in [0.2, 0.25) is 5.88 Å². The smallest absolute Gasteiger partial charge is 0.421 e. The van der Waals surface area contributed by atoms with Gasteiger partial charge in [0.1, 0.15) is 17.9 Å². The zero-order valence-corrected chi connectivity index (χ0v) is 16.1. The standard InChI is InChI=1S/C18H24F3N5O2/c1-4-14-12(15(5-2)28-26-14)11-25-17(22-3)24-9-10-27-16-13(18(19,20)21)7-6-8-23-16/h6-8H,4-5,9-11H2,1-3H3,(H2,22,24,25). The van der Waals surface area contributed by atoms with E-state index in [2.05, 4.69) is 25.8 Å². The molecule has 7 nitrogen and oxygen atoms in total. The van der Waals surface area contributed by atoms with Crippen molar-refractivity contribution in [1.29, 1.82) is 0 Å². The van der Waals surface area contributed by atoms with E-state index in [1.165, 1.54) is 12.3 Å². The van der Waals surface area contributed by atoms with Crippen LogP contribution < -0.4 is 15.4 Å². The number of alkyl halides is 3. The van der Waals surface area contributed by atoms with Crippen LogP contribution in [0.4, 0.5) is 13.2 Å². The van der Waals surface area contributed by atoms with Crippen molar-refractivity contribution in [3.63, 3.8) is 0 Å². The Kier molecular flexibility index (Phi) is 7.65. The maximum atomic E-state index is 12.9. The van der Waals surface area contributed by atoms with E-state index in [1.807, 2.05) is 13.8 Å². The van der Waals surface area contributed by atoms with E-state index >= 15 is 0 Å². The number of halogens is 3. The Morgan fingerprint density at radius 3 is 2.68 bits per heavy atom. The van der Waals surface area contributed by atoms with Crippen LogP contribution in [-0.4, -0.2) is 36.3 Å². The van der Waals surface area contributed by atoms with E-state index in [1.54, 1.807) is 7.05 Å². The molecule has 0 saturated carbocycles. The molecule has 0 bridgehead atoms. The van der Waals surface area contributed by atoms with Crippen LogP contribution in [-0.2, 0) is 25.6 Å². The van der Waals surface area contributed by atoms with Gasteiger partial charge in [-0.2, -0.15) is 13.2 Å². The van der Waals surface area contributed by atoms with Gasteiger partial charge in [-0.05, 0) is 18.6 Å². The van der Waals surface area contributed by atoms with E-state index in [9.17, 15) is 13.2 Å². The fraction of sp³-hybridized carbons (Fsp3) is 0.500. The van der Waals surface area contributed by atoms with Crippen LogP contribution in [0.25, 0.3) is 0 Å². The summed E-state index contributed by atoms with van der Waals surface area (Å²) in [6, 6.07) is 2.16. The number of aryl methyl sites for hydroxylation is 2. The highest BCUT2D eigenvalue weighted by Gasteiger charge is 2.34. The van der Waals surface area contributed by atoms with Crippen molar-refractivity contribution in [2.75, 3.05) is 20.2 Å². The van der Waals surface area contributed by atoms with Gasteiger partial charge in [0, 0.05) is 31.8 Å². The minimum atomic E-state index is -4.51. The summed E-state index contributed by atoms with van der Waals surface area (Å²) in [7, 11) is 1.60. The van der Waals surface area contributed by atoms with E-state index < -0.39 is 17.6 Å². The lowest BCUT2D eigenvalue weighted by Crippen LogP contribution is -2.39. The highest BCUT2D eigenvalue weighted by Crippen LogP contribution is 2.34. The Hall–Kier alpha value is -2.78. The molecule has 0 unspecified atom stereocenters. The summed E-state index contributed by atoms with van der Waals surface area (Å²) in [5.74, 6) is 0.869. The predicted octanol–water partition coefficient (Wildman–Crippen LogP) is 2.96. The van der Waals surface area contributed by atoms with Crippen molar-refractivity contribution in [2.24, 2.45) is 4.99 Å². The number of guanidine groups is 1. The molecule has 2 aromatic heterocycles. The van der Waals surface area contributed by atoms with Gasteiger partial charge in [-0.15, -0.1) is 0 Å². The quantitative estimate of drug-likeness (QED) is 0.403.